The summed E-state index contributed by atoms with van der Waals surface area (Å²) in [5, 5.41) is 9.50. The fourth-order valence-corrected chi connectivity index (χ4v) is 4.46. The summed E-state index contributed by atoms with van der Waals surface area (Å²) in [6.45, 7) is 2.62. The number of nitrogens with one attached hydrogen (secondary N) is 1. The molecule has 0 spiro atoms. The lowest BCUT2D eigenvalue weighted by Crippen LogP contribution is -2.24. The third-order valence-corrected chi connectivity index (χ3v) is 6.31. The number of thiazole rings is 1. The normalized spacial score (nSPS) is 11.0. The first-order valence-corrected chi connectivity index (χ1v) is 10.2. The number of fused-ring (bicyclic) bond motifs is 1. The Kier molecular flexibility index (Phi) is 4.91. The minimum absolute atomic E-state index is 0.0242. The number of aryl methyl sites for hydroxylation is 1. The summed E-state index contributed by atoms with van der Waals surface area (Å²) < 4.78 is 7.06. The molecule has 6 nitrogen and oxygen atoms in total. The molecule has 1 amide bonds. The van der Waals surface area contributed by atoms with Crippen molar-refractivity contribution in [3.8, 4) is 17.1 Å². The van der Waals surface area contributed by atoms with Gasteiger partial charge in [0.15, 0.2) is 5.82 Å². The van der Waals surface area contributed by atoms with Crippen molar-refractivity contribution >= 4 is 33.5 Å². The Labute approximate surface area is 164 Å². The number of ether oxygens (including phenoxy) is 1. The molecule has 8 heteroatoms. The summed E-state index contributed by atoms with van der Waals surface area (Å²) in [4.78, 5) is 19.4. The van der Waals surface area contributed by atoms with Crippen LogP contribution in [0, 0.1) is 6.92 Å². The Morgan fingerprint density at radius 1 is 1.26 bits per heavy atom. The molecule has 3 aromatic heterocycles. The van der Waals surface area contributed by atoms with Gasteiger partial charge in [0.05, 0.1) is 17.7 Å². The van der Waals surface area contributed by atoms with Crippen molar-refractivity contribution in [3.05, 3.63) is 57.2 Å². The van der Waals surface area contributed by atoms with E-state index in [0.717, 1.165) is 33.3 Å². The monoisotopic (exact) mass is 398 g/mol. The van der Waals surface area contributed by atoms with Gasteiger partial charge in [-0.3, -0.25) is 4.79 Å². The number of hydrogen-bond donors (Lipinski definition) is 1. The lowest BCUT2D eigenvalue weighted by molar-refractivity contribution is 0.0958. The summed E-state index contributed by atoms with van der Waals surface area (Å²) in [6, 6.07) is 11.4. The second-order valence-electron chi connectivity index (χ2n) is 5.95. The molecule has 0 aliphatic carbocycles. The molecule has 27 heavy (non-hydrogen) atoms. The van der Waals surface area contributed by atoms with E-state index in [1.807, 2.05) is 53.2 Å². The molecule has 1 aromatic carbocycles. The van der Waals surface area contributed by atoms with Crippen molar-refractivity contribution < 1.29 is 9.53 Å². The SMILES string of the molecule is COc1ccc(-c2nc3sc(CCNC(=O)c4cccs4)c(C)n3n2)cc1. The van der Waals surface area contributed by atoms with Crippen LogP contribution in [0.3, 0.4) is 0 Å². The molecule has 0 fully saturated rings. The maximum Gasteiger partial charge on any atom is 0.261 e. The second kappa shape index (κ2) is 7.50. The Morgan fingerprint density at radius 3 is 2.74 bits per heavy atom. The number of carbonyl (C=O) groups is 1. The highest BCUT2D eigenvalue weighted by Gasteiger charge is 2.15. The number of carbonyl (C=O) groups excluding carboxylic acids is 1. The molecule has 0 bridgehead atoms. The maximum absolute atomic E-state index is 12.0. The van der Waals surface area contributed by atoms with Crippen molar-refractivity contribution in [2.75, 3.05) is 13.7 Å². The highest BCUT2D eigenvalue weighted by molar-refractivity contribution is 7.17. The van der Waals surface area contributed by atoms with Gasteiger partial charge in [-0.25, -0.2) is 4.52 Å². The Hall–Kier alpha value is -2.71. The average molecular weight is 399 g/mol. The van der Waals surface area contributed by atoms with E-state index in [9.17, 15) is 4.79 Å². The zero-order valence-corrected chi connectivity index (χ0v) is 16.6. The molecule has 0 aliphatic heterocycles. The number of amides is 1. The molecule has 0 unspecified atom stereocenters. The van der Waals surface area contributed by atoms with Crippen LogP contribution in [0.4, 0.5) is 0 Å². The highest BCUT2D eigenvalue weighted by Crippen LogP contribution is 2.26. The van der Waals surface area contributed by atoms with Crippen LogP contribution in [0.1, 0.15) is 20.2 Å². The van der Waals surface area contributed by atoms with E-state index in [1.54, 1.807) is 18.4 Å². The second-order valence-corrected chi connectivity index (χ2v) is 7.96. The number of nitrogens with zero attached hydrogens (tertiary/aromatic N) is 3. The van der Waals surface area contributed by atoms with Crippen LogP contribution >= 0.6 is 22.7 Å². The first-order chi connectivity index (χ1) is 13.2. The molecule has 4 rings (SSSR count). The quantitative estimate of drug-likeness (QED) is 0.536. The third kappa shape index (κ3) is 3.58. The van der Waals surface area contributed by atoms with Gasteiger partial charge < -0.3 is 10.1 Å². The average Bonchev–Trinajstić information content (AvgIpc) is 3.41. The maximum atomic E-state index is 12.0. The number of benzene rings is 1. The van der Waals surface area contributed by atoms with Gasteiger partial charge in [0, 0.05) is 23.4 Å². The number of aromatic nitrogens is 3. The van der Waals surface area contributed by atoms with Crippen molar-refractivity contribution in [1.82, 2.24) is 19.9 Å². The number of methoxy groups -OCH3 is 1. The van der Waals surface area contributed by atoms with E-state index in [0.29, 0.717) is 12.4 Å². The van der Waals surface area contributed by atoms with Crippen LogP contribution in [0.15, 0.2) is 41.8 Å². The lowest BCUT2D eigenvalue weighted by Gasteiger charge is -2.03. The van der Waals surface area contributed by atoms with Gasteiger partial charge in [-0.15, -0.1) is 16.4 Å². The summed E-state index contributed by atoms with van der Waals surface area (Å²) in [5.74, 6) is 1.48. The van der Waals surface area contributed by atoms with E-state index in [-0.39, 0.29) is 5.91 Å². The third-order valence-electron chi connectivity index (χ3n) is 4.24. The summed E-state index contributed by atoms with van der Waals surface area (Å²) in [5.41, 5.74) is 2.02. The summed E-state index contributed by atoms with van der Waals surface area (Å²) in [6.07, 6.45) is 0.760. The fourth-order valence-electron chi connectivity index (χ4n) is 2.76. The predicted molar refractivity (Wildman–Crippen MR) is 108 cm³/mol. The van der Waals surface area contributed by atoms with Gasteiger partial charge in [0.1, 0.15) is 5.75 Å². The molecule has 0 saturated heterocycles. The Bertz CT molecular complexity index is 1070. The van der Waals surface area contributed by atoms with Gasteiger partial charge in [0.2, 0.25) is 4.96 Å². The molecular weight excluding hydrogens is 380 g/mol. The molecule has 0 saturated carbocycles. The molecular formula is C19H18N4O2S2. The lowest BCUT2D eigenvalue weighted by atomic mass is 10.2. The molecule has 1 N–H and O–H groups in total. The van der Waals surface area contributed by atoms with Crippen molar-refractivity contribution in [1.29, 1.82) is 0 Å². The first-order valence-electron chi connectivity index (χ1n) is 8.47. The van der Waals surface area contributed by atoms with Crippen LogP contribution in [-0.4, -0.2) is 34.2 Å². The van der Waals surface area contributed by atoms with Crippen LogP contribution in [0.2, 0.25) is 0 Å². The van der Waals surface area contributed by atoms with E-state index in [2.05, 4.69) is 15.4 Å². The molecule has 0 atom stereocenters. The Balaban J connectivity index is 1.46. The van der Waals surface area contributed by atoms with Crippen LogP contribution < -0.4 is 10.1 Å². The fraction of sp³-hybridized carbons (Fsp3) is 0.211. The molecule has 0 aliphatic rings. The minimum atomic E-state index is -0.0242. The minimum Gasteiger partial charge on any atom is -0.497 e. The van der Waals surface area contributed by atoms with Crippen molar-refractivity contribution in [2.24, 2.45) is 0 Å². The van der Waals surface area contributed by atoms with Crippen molar-refractivity contribution in [3.63, 3.8) is 0 Å². The molecule has 4 aromatic rings. The number of rotatable bonds is 6. The van der Waals surface area contributed by atoms with Gasteiger partial charge in [-0.2, -0.15) is 4.98 Å². The van der Waals surface area contributed by atoms with Gasteiger partial charge >= 0.3 is 0 Å². The van der Waals surface area contributed by atoms with Crippen LogP contribution in [0.25, 0.3) is 16.3 Å². The topological polar surface area (TPSA) is 68.5 Å². The zero-order chi connectivity index (χ0) is 18.8. The van der Waals surface area contributed by atoms with E-state index >= 15 is 0 Å². The first kappa shape index (κ1) is 17.7. The van der Waals surface area contributed by atoms with E-state index < -0.39 is 0 Å². The largest absolute Gasteiger partial charge is 0.497 e. The van der Waals surface area contributed by atoms with E-state index in [1.165, 1.54) is 16.2 Å². The molecule has 3 heterocycles. The summed E-state index contributed by atoms with van der Waals surface area (Å²) >= 11 is 3.06. The van der Waals surface area contributed by atoms with Gasteiger partial charge in [-0.05, 0) is 42.6 Å². The zero-order valence-electron chi connectivity index (χ0n) is 14.9. The van der Waals surface area contributed by atoms with Crippen LogP contribution in [-0.2, 0) is 6.42 Å². The van der Waals surface area contributed by atoms with Crippen molar-refractivity contribution in [2.45, 2.75) is 13.3 Å². The Morgan fingerprint density at radius 2 is 2.07 bits per heavy atom. The highest BCUT2D eigenvalue weighted by atomic mass is 32.1. The van der Waals surface area contributed by atoms with Crippen LogP contribution in [0.5, 0.6) is 5.75 Å². The van der Waals surface area contributed by atoms with Gasteiger partial charge in [0.25, 0.3) is 5.91 Å². The number of thiophene rings is 1. The standard InChI is InChI=1S/C19H18N4O2S2/c1-12-15(9-10-20-18(24)16-4-3-11-26-16)27-19-21-17(22-23(12)19)13-5-7-14(25-2)8-6-13/h3-8,11H,9-10H2,1-2H3,(H,20,24). The molecule has 138 valence electrons. The van der Waals surface area contributed by atoms with Gasteiger partial charge in [-0.1, -0.05) is 17.4 Å². The molecule has 0 radical (unpaired) electrons. The van der Waals surface area contributed by atoms with E-state index in [4.69, 9.17) is 4.74 Å². The number of hydrogen-bond acceptors (Lipinski definition) is 6. The predicted octanol–water partition coefficient (Wildman–Crippen LogP) is 3.81. The summed E-state index contributed by atoms with van der Waals surface area (Å²) in [7, 11) is 1.65. The smallest absolute Gasteiger partial charge is 0.261 e.